The molecule has 2 rings (SSSR count). The molecule has 0 spiro atoms. The fourth-order valence-electron chi connectivity index (χ4n) is 1.80. The summed E-state index contributed by atoms with van der Waals surface area (Å²) in [5.41, 5.74) is 1.04. The number of aliphatic carboxylic acids is 1. The lowest BCUT2D eigenvalue weighted by Gasteiger charge is -2.09. The summed E-state index contributed by atoms with van der Waals surface area (Å²) in [5.74, 6) is 0.932. The highest BCUT2D eigenvalue weighted by atomic mass is 16.5. The number of hydrogen-bond donors (Lipinski definition) is 1. The van der Waals surface area contributed by atoms with Gasteiger partial charge in [0.15, 0.2) is 11.5 Å². The van der Waals surface area contributed by atoms with Crippen molar-refractivity contribution < 1.29 is 24.1 Å². The van der Waals surface area contributed by atoms with E-state index >= 15 is 0 Å². The normalized spacial score (nSPS) is 17.8. The molecule has 0 aromatic heterocycles. The van der Waals surface area contributed by atoms with Crippen LogP contribution in [-0.4, -0.2) is 37.5 Å². The van der Waals surface area contributed by atoms with Gasteiger partial charge in [0.1, 0.15) is 6.61 Å². The van der Waals surface area contributed by atoms with Crippen molar-refractivity contribution >= 4 is 5.97 Å². The molecule has 1 atom stereocenters. The summed E-state index contributed by atoms with van der Waals surface area (Å²) in [6.45, 7) is 3.50. The summed E-state index contributed by atoms with van der Waals surface area (Å²) >= 11 is 0. The van der Waals surface area contributed by atoms with Gasteiger partial charge < -0.3 is 19.3 Å². The second-order valence-electron chi connectivity index (χ2n) is 4.70. The van der Waals surface area contributed by atoms with Gasteiger partial charge in [0.2, 0.25) is 0 Å². The third-order valence-corrected chi connectivity index (χ3v) is 2.82. The van der Waals surface area contributed by atoms with Crippen molar-refractivity contribution in [3.05, 3.63) is 23.8 Å². The second-order valence-corrected chi connectivity index (χ2v) is 4.70. The summed E-state index contributed by atoms with van der Waals surface area (Å²) < 4.78 is 16.3. The maximum atomic E-state index is 10.3. The molecule has 1 heterocycles. The summed E-state index contributed by atoms with van der Waals surface area (Å²) in [6.07, 6.45) is 0.652. The number of benzene rings is 1. The van der Waals surface area contributed by atoms with Gasteiger partial charge in [0.05, 0.1) is 19.8 Å². The lowest BCUT2D eigenvalue weighted by molar-refractivity contribution is -0.142. The van der Waals surface area contributed by atoms with E-state index in [1.807, 2.05) is 18.2 Å². The summed E-state index contributed by atoms with van der Waals surface area (Å²) in [4.78, 5) is 10.3. The predicted molar refractivity (Wildman–Crippen MR) is 68.8 cm³/mol. The minimum atomic E-state index is -0.951. The average molecular weight is 266 g/mol. The molecule has 1 aromatic carbocycles. The van der Waals surface area contributed by atoms with Crippen LogP contribution in [0.2, 0.25) is 0 Å². The monoisotopic (exact) mass is 266 g/mol. The Morgan fingerprint density at radius 1 is 1.37 bits per heavy atom. The number of carboxylic acids is 1. The first-order chi connectivity index (χ1) is 9.15. The van der Waals surface area contributed by atoms with Crippen molar-refractivity contribution in [2.45, 2.75) is 13.3 Å². The molecule has 0 saturated carbocycles. The number of ether oxygens (including phenoxy) is 3. The SMILES string of the molecule is CC1COc2ccc(CCOCC(=O)O)cc2OC1. The van der Waals surface area contributed by atoms with Crippen molar-refractivity contribution in [1.82, 2.24) is 0 Å². The van der Waals surface area contributed by atoms with E-state index in [2.05, 4.69) is 6.92 Å². The highest BCUT2D eigenvalue weighted by molar-refractivity contribution is 5.67. The minimum absolute atomic E-state index is 0.262. The Morgan fingerprint density at radius 2 is 2.11 bits per heavy atom. The van der Waals surface area contributed by atoms with Crippen molar-refractivity contribution in [3.63, 3.8) is 0 Å². The van der Waals surface area contributed by atoms with E-state index in [1.54, 1.807) is 0 Å². The molecule has 0 radical (unpaired) electrons. The molecule has 1 aliphatic rings. The number of carboxylic acid groups (broad SMARTS) is 1. The zero-order valence-corrected chi connectivity index (χ0v) is 10.9. The Balaban J connectivity index is 1.91. The molecule has 1 aromatic rings. The first kappa shape index (κ1) is 13.7. The van der Waals surface area contributed by atoms with Crippen LogP contribution < -0.4 is 9.47 Å². The van der Waals surface area contributed by atoms with Gasteiger partial charge in [-0.2, -0.15) is 0 Å². The average Bonchev–Trinajstić information content (AvgIpc) is 2.57. The maximum Gasteiger partial charge on any atom is 0.329 e. The molecule has 104 valence electrons. The standard InChI is InChI=1S/C14H18O5/c1-10-7-18-12-3-2-11(6-13(12)19-8-10)4-5-17-9-14(15)16/h2-3,6,10H,4-5,7-9H2,1H3,(H,15,16). The summed E-state index contributed by atoms with van der Waals surface area (Å²) in [5, 5.41) is 8.46. The molecular formula is C14H18O5. The molecule has 0 amide bonds. The number of hydrogen-bond acceptors (Lipinski definition) is 4. The maximum absolute atomic E-state index is 10.3. The predicted octanol–water partition coefficient (Wildman–Crippen LogP) is 1.74. The van der Waals surface area contributed by atoms with Gasteiger partial charge in [-0.3, -0.25) is 0 Å². The number of carbonyl (C=O) groups is 1. The highest BCUT2D eigenvalue weighted by Crippen LogP contribution is 2.31. The molecular weight excluding hydrogens is 248 g/mol. The van der Waals surface area contributed by atoms with Gasteiger partial charge in [-0.15, -0.1) is 0 Å². The zero-order chi connectivity index (χ0) is 13.7. The second kappa shape index (κ2) is 6.43. The Hall–Kier alpha value is -1.75. The first-order valence-corrected chi connectivity index (χ1v) is 6.33. The van der Waals surface area contributed by atoms with Gasteiger partial charge in [0, 0.05) is 5.92 Å². The summed E-state index contributed by atoms with van der Waals surface area (Å²) in [7, 11) is 0. The lowest BCUT2D eigenvalue weighted by atomic mass is 10.1. The van der Waals surface area contributed by atoms with Crippen LogP contribution in [0.4, 0.5) is 0 Å². The first-order valence-electron chi connectivity index (χ1n) is 6.33. The highest BCUT2D eigenvalue weighted by Gasteiger charge is 2.15. The van der Waals surface area contributed by atoms with E-state index in [0.717, 1.165) is 17.1 Å². The van der Waals surface area contributed by atoms with E-state index in [9.17, 15) is 4.79 Å². The molecule has 0 fully saturated rings. The molecule has 1 unspecified atom stereocenters. The summed E-state index contributed by atoms with van der Waals surface area (Å²) in [6, 6.07) is 5.76. The molecule has 1 N–H and O–H groups in total. The fraction of sp³-hybridized carbons (Fsp3) is 0.500. The van der Waals surface area contributed by atoms with Crippen molar-refractivity contribution in [1.29, 1.82) is 0 Å². The van der Waals surface area contributed by atoms with Crippen LogP contribution >= 0.6 is 0 Å². The Kier molecular flexibility index (Phi) is 4.63. The van der Waals surface area contributed by atoms with E-state index < -0.39 is 5.97 Å². The molecule has 0 aliphatic carbocycles. The number of fused-ring (bicyclic) bond motifs is 1. The van der Waals surface area contributed by atoms with E-state index in [-0.39, 0.29) is 6.61 Å². The molecule has 0 bridgehead atoms. The molecule has 0 saturated heterocycles. The van der Waals surface area contributed by atoms with E-state index in [1.165, 1.54) is 0 Å². The molecule has 19 heavy (non-hydrogen) atoms. The molecule has 5 nitrogen and oxygen atoms in total. The minimum Gasteiger partial charge on any atom is -0.489 e. The molecule has 1 aliphatic heterocycles. The van der Waals surface area contributed by atoms with E-state index in [4.69, 9.17) is 19.3 Å². The lowest BCUT2D eigenvalue weighted by Crippen LogP contribution is -2.12. The van der Waals surface area contributed by atoms with Crippen LogP contribution in [0, 0.1) is 5.92 Å². The van der Waals surface area contributed by atoms with Gasteiger partial charge in [0.25, 0.3) is 0 Å². The van der Waals surface area contributed by atoms with Crippen molar-refractivity contribution in [3.8, 4) is 11.5 Å². The van der Waals surface area contributed by atoms with Crippen LogP contribution in [-0.2, 0) is 16.0 Å². The topological polar surface area (TPSA) is 65.0 Å². The van der Waals surface area contributed by atoms with E-state index in [0.29, 0.717) is 32.2 Å². The Morgan fingerprint density at radius 3 is 2.84 bits per heavy atom. The van der Waals surface area contributed by atoms with Crippen LogP contribution in [0.5, 0.6) is 11.5 Å². The number of rotatable bonds is 5. The Labute approximate surface area is 112 Å². The quantitative estimate of drug-likeness (QED) is 0.822. The smallest absolute Gasteiger partial charge is 0.329 e. The van der Waals surface area contributed by atoms with Crippen molar-refractivity contribution in [2.24, 2.45) is 5.92 Å². The van der Waals surface area contributed by atoms with Crippen LogP contribution in [0.25, 0.3) is 0 Å². The third-order valence-electron chi connectivity index (χ3n) is 2.82. The van der Waals surface area contributed by atoms with Gasteiger partial charge >= 0.3 is 5.97 Å². The van der Waals surface area contributed by atoms with Gasteiger partial charge in [-0.1, -0.05) is 13.0 Å². The largest absolute Gasteiger partial charge is 0.489 e. The zero-order valence-electron chi connectivity index (χ0n) is 10.9. The van der Waals surface area contributed by atoms with Gasteiger partial charge in [-0.25, -0.2) is 4.79 Å². The molecule has 5 heteroatoms. The fourth-order valence-corrected chi connectivity index (χ4v) is 1.80. The van der Waals surface area contributed by atoms with Crippen molar-refractivity contribution in [2.75, 3.05) is 26.4 Å². The van der Waals surface area contributed by atoms with Crippen LogP contribution in [0.1, 0.15) is 12.5 Å². The third kappa shape index (κ3) is 4.13. The van der Waals surface area contributed by atoms with Gasteiger partial charge in [-0.05, 0) is 24.1 Å². The Bertz CT molecular complexity index is 443. The van der Waals surface area contributed by atoms with Crippen LogP contribution in [0.15, 0.2) is 18.2 Å². The van der Waals surface area contributed by atoms with Crippen LogP contribution in [0.3, 0.4) is 0 Å².